The van der Waals surface area contributed by atoms with Gasteiger partial charge in [-0.15, -0.1) is 0 Å². The molecule has 0 bridgehead atoms. The number of furan rings is 1. The van der Waals surface area contributed by atoms with Gasteiger partial charge < -0.3 is 9.40 Å². The van der Waals surface area contributed by atoms with Crippen LogP contribution < -0.4 is 5.56 Å². The highest BCUT2D eigenvalue weighted by molar-refractivity contribution is 5.74. The van der Waals surface area contributed by atoms with Gasteiger partial charge in [0.25, 0.3) is 0 Å². The molecule has 3 rings (SSSR count). The third-order valence-corrected chi connectivity index (χ3v) is 2.97. The average Bonchev–Trinajstić information content (AvgIpc) is 2.96. The molecule has 0 radical (unpaired) electrons. The van der Waals surface area contributed by atoms with Crippen molar-refractivity contribution in [3.8, 4) is 22.6 Å². The summed E-state index contributed by atoms with van der Waals surface area (Å²) in [5.41, 5.74) is 2.32. The molecule has 0 fully saturated rings. The fourth-order valence-corrected chi connectivity index (χ4v) is 2.03. The molecule has 2 heterocycles. The van der Waals surface area contributed by atoms with Crippen LogP contribution in [0.2, 0.25) is 0 Å². The van der Waals surface area contributed by atoms with Crippen molar-refractivity contribution in [1.29, 1.82) is 0 Å². The summed E-state index contributed by atoms with van der Waals surface area (Å²) in [5.74, 6) is 0.908. The first-order valence-electron chi connectivity index (χ1n) is 6.11. The van der Waals surface area contributed by atoms with Crippen molar-refractivity contribution in [2.75, 3.05) is 0 Å². The van der Waals surface area contributed by atoms with Gasteiger partial charge in [0, 0.05) is 17.3 Å². The van der Waals surface area contributed by atoms with Gasteiger partial charge in [0.15, 0.2) is 12.0 Å². The number of rotatable bonds is 3. The molecule has 0 aliphatic rings. The summed E-state index contributed by atoms with van der Waals surface area (Å²) in [5, 5.41) is 0. The van der Waals surface area contributed by atoms with Crippen LogP contribution in [-0.4, -0.2) is 11.3 Å². The maximum Gasteiger partial charge on any atom is 0.248 e. The SMILES string of the molecule is O=Cc1ccc(-c2cccc(-c3cccc(=O)[nH]3)c2)o1. The first kappa shape index (κ1) is 12.2. The average molecular weight is 265 g/mol. The predicted molar refractivity (Wildman–Crippen MR) is 75.6 cm³/mol. The lowest BCUT2D eigenvalue weighted by Crippen LogP contribution is -2.03. The van der Waals surface area contributed by atoms with Crippen molar-refractivity contribution in [1.82, 2.24) is 4.98 Å². The van der Waals surface area contributed by atoms with Gasteiger partial charge in [-0.05, 0) is 29.8 Å². The van der Waals surface area contributed by atoms with Gasteiger partial charge in [0.1, 0.15) is 5.76 Å². The number of aldehydes is 1. The van der Waals surface area contributed by atoms with Gasteiger partial charge >= 0.3 is 0 Å². The summed E-state index contributed by atoms with van der Waals surface area (Å²) in [6.45, 7) is 0. The Bertz CT molecular complexity index is 814. The molecule has 3 aromatic rings. The van der Waals surface area contributed by atoms with E-state index in [2.05, 4.69) is 4.98 Å². The van der Waals surface area contributed by atoms with Crippen LogP contribution in [0.5, 0.6) is 0 Å². The minimum Gasteiger partial charge on any atom is -0.453 e. The molecule has 0 spiro atoms. The molecule has 0 amide bonds. The molecule has 0 atom stereocenters. The van der Waals surface area contributed by atoms with E-state index in [0.29, 0.717) is 17.8 Å². The highest BCUT2D eigenvalue weighted by atomic mass is 16.3. The number of pyridine rings is 1. The number of aromatic nitrogens is 1. The molecule has 0 saturated carbocycles. The fraction of sp³-hybridized carbons (Fsp3) is 0. The molecular formula is C16H11NO3. The number of nitrogens with one attached hydrogen (secondary N) is 1. The van der Waals surface area contributed by atoms with E-state index in [9.17, 15) is 9.59 Å². The van der Waals surface area contributed by atoms with E-state index in [0.717, 1.165) is 16.8 Å². The van der Waals surface area contributed by atoms with Crippen molar-refractivity contribution in [3.05, 3.63) is 70.7 Å². The molecule has 1 aromatic carbocycles. The molecule has 0 saturated heterocycles. The minimum atomic E-state index is -0.144. The van der Waals surface area contributed by atoms with Crippen LogP contribution in [-0.2, 0) is 0 Å². The number of hydrogen-bond donors (Lipinski definition) is 1. The third-order valence-electron chi connectivity index (χ3n) is 2.97. The quantitative estimate of drug-likeness (QED) is 0.740. The molecule has 2 aromatic heterocycles. The van der Waals surface area contributed by atoms with Gasteiger partial charge in [0.05, 0.1) is 0 Å². The Morgan fingerprint density at radius 3 is 2.50 bits per heavy atom. The Morgan fingerprint density at radius 2 is 1.75 bits per heavy atom. The standard InChI is InChI=1S/C16H11NO3/c18-10-13-7-8-15(20-13)12-4-1-3-11(9-12)14-5-2-6-16(19)17-14/h1-10H,(H,17,19). The van der Waals surface area contributed by atoms with Crippen molar-refractivity contribution < 1.29 is 9.21 Å². The molecular weight excluding hydrogens is 254 g/mol. The Kier molecular flexibility index (Phi) is 3.05. The number of hydrogen-bond acceptors (Lipinski definition) is 3. The van der Waals surface area contributed by atoms with Crippen LogP contribution in [0.25, 0.3) is 22.6 Å². The first-order chi connectivity index (χ1) is 9.76. The topological polar surface area (TPSA) is 63.1 Å². The Balaban J connectivity index is 2.05. The molecule has 0 unspecified atom stereocenters. The smallest absolute Gasteiger partial charge is 0.248 e. The number of benzene rings is 1. The fourth-order valence-electron chi connectivity index (χ4n) is 2.03. The summed E-state index contributed by atoms with van der Waals surface area (Å²) >= 11 is 0. The molecule has 20 heavy (non-hydrogen) atoms. The number of carbonyl (C=O) groups is 1. The molecule has 1 N–H and O–H groups in total. The molecule has 4 heteroatoms. The summed E-state index contributed by atoms with van der Waals surface area (Å²) in [7, 11) is 0. The highest BCUT2D eigenvalue weighted by Crippen LogP contribution is 2.26. The molecule has 98 valence electrons. The maximum atomic E-state index is 11.3. The van der Waals surface area contributed by atoms with Crippen LogP contribution in [0.4, 0.5) is 0 Å². The van der Waals surface area contributed by atoms with Crippen LogP contribution in [0.1, 0.15) is 10.6 Å². The van der Waals surface area contributed by atoms with Gasteiger partial charge in [-0.2, -0.15) is 0 Å². The maximum absolute atomic E-state index is 11.3. The zero-order chi connectivity index (χ0) is 13.9. The van der Waals surface area contributed by atoms with Crippen molar-refractivity contribution in [3.63, 3.8) is 0 Å². The van der Waals surface area contributed by atoms with Gasteiger partial charge in [-0.3, -0.25) is 9.59 Å². The van der Waals surface area contributed by atoms with Crippen LogP contribution in [0, 0.1) is 0 Å². The summed E-state index contributed by atoms with van der Waals surface area (Å²) in [6.07, 6.45) is 0.669. The lowest BCUT2D eigenvalue weighted by atomic mass is 10.1. The second-order valence-electron chi connectivity index (χ2n) is 4.33. The normalized spacial score (nSPS) is 10.4. The van der Waals surface area contributed by atoms with Crippen molar-refractivity contribution in [2.45, 2.75) is 0 Å². The Morgan fingerprint density at radius 1 is 0.950 bits per heavy atom. The number of H-pyrrole nitrogens is 1. The van der Waals surface area contributed by atoms with Crippen molar-refractivity contribution >= 4 is 6.29 Å². The molecule has 0 aliphatic heterocycles. The van der Waals surface area contributed by atoms with E-state index in [4.69, 9.17) is 4.42 Å². The van der Waals surface area contributed by atoms with E-state index in [1.165, 1.54) is 6.07 Å². The summed E-state index contributed by atoms with van der Waals surface area (Å²) in [4.78, 5) is 24.8. The van der Waals surface area contributed by atoms with E-state index >= 15 is 0 Å². The number of aromatic amines is 1. The largest absolute Gasteiger partial charge is 0.453 e. The lowest BCUT2D eigenvalue weighted by Gasteiger charge is -2.03. The van der Waals surface area contributed by atoms with Gasteiger partial charge in [-0.25, -0.2) is 0 Å². The zero-order valence-corrected chi connectivity index (χ0v) is 10.5. The summed E-state index contributed by atoms with van der Waals surface area (Å²) in [6, 6.07) is 15.9. The van der Waals surface area contributed by atoms with E-state index in [-0.39, 0.29) is 5.56 Å². The summed E-state index contributed by atoms with van der Waals surface area (Å²) < 4.78 is 5.39. The lowest BCUT2D eigenvalue weighted by molar-refractivity contribution is 0.110. The Labute approximate surface area is 114 Å². The second kappa shape index (κ2) is 5.01. The second-order valence-corrected chi connectivity index (χ2v) is 4.33. The van der Waals surface area contributed by atoms with Crippen LogP contribution >= 0.6 is 0 Å². The minimum absolute atomic E-state index is 0.144. The molecule has 4 nitrogen and oxygen atoms in total. The van der Waals surface area contributed by atoms with Gasteiger partial charge in [-0.1, -0.05) is 24.3 Å². The zero-order valence-electron chi connectivity index (χ0n) is 10.5. The van der Waals surface area contributed by atoms with Crippen molar-refractivity contribution in [2.24, 2.45) is 0 Å². The highest BCUT2D eigenvalue weighted by Gasteiger charge is 2.06. The first-order valence-corrected chi connectivity index (χ1v) is 6.11. The van der Waals surface area contributed by atoms with E-state index < -0.39 is 0 Å². The van der Waals surface area contributed by atoms with E-state index in [1.54, 1.807) is 18.2 Å². The predicted octanol–water partition coefficient (Wildman–Crippen LogP) is 3.11. The van der Waals surface area contributed by atoms with Gasteiger partial charge in [0.2, 0.25) is 5.56 Å². The molecule has 0 aliphatic carbocycles. The number of carbonyl (C=O) groups excluding carboxylic acids is 1. The van der Waals surface area contributed by atoms with Crippen LogP contribution in [0.3, 0.4) is 0 Å². The van der Waals surface area contributed by atoms with Crippen LogP contribution in [0.15, 0.2) is 63.8 Å². The third kappa shape index (κ3) is 2.31. The monoisotopic (exact) mass is 265 g/mol. The Hall–Kier alpha value is -2.88. The van der Waals surface area contributed by atoms with E-state index in [1.807, 2.05) is 30.3 Å².